The van der Waals surface area contributed by atoms with Crippen LogP contribution in [-0.2, 0) is 16.4 Å². The second kappa shape index (κ2) is 11.3. The van der Waals surface area contributed by atoms with Crippen LogP contribution in [0.15, 0.2) is 42.5 Å². The number of halogens is 3. The summed E-state index contributed by atoms with van der Waals surface area (Å²) in [7, 11) is -5.00. The van der Waals surface area contributed by atoms with Crippen LogP contribution in [0.5, 0.6) is 5.75 Å². The molecular weight excluding hydrogens is 557 g/mol. The number of benzene rings is 2. The summed E-state index contributed by atoms with van der Waals surface area (Å²) in [5.41, 5.74) is 7.33. The molecule has 0 fully saturated rings. The van der Waals surface area contributed by atoms with Crippen LogP contribution in [0.3, 0.4) is 0 Å². The van der Waals surface area contributed by atoms with E-state index >= 15 is 0 Å². The van der Waals surface area contributed by atoms with Crippen molar-refractivity contribution in [3.05, 3.63) is 70.0 Å². The average molecular weight is 581 g/mol. The summed E-state index contributed by atoms with van der Waals surface area (Å²) in [6.07, 6.45) is 0.307. The fraction of sp³-hybridized carbons (Fsp3) is 0.208. The molecule has 10 nitrogen and oxygen atoms in total. The third kappa shape index (κ3) is 6.49. The number of anilines is 3. The molecule has 2 aromatic carbocycles. The predicted octanol–water partition coefficient (Wildman–Crippen LogP) is 4.72. The van der Waals surface area contributed by atoms with E-state index in [1.54, 1.807) is 12.1 Å². The number of H-pyrrole nitrogens is 1. The number of amides is 1. The van der Waals surface area contributed by atoms with Crippen molar-refractivity contribution in [3.63, 3.8) is 0 Å². The van der Waals surface area contributed by atoms with Gasteiger partial charge in [-0.2, -0.15) is 13.9 Å². The van der Waals surface area contributed by atoms with Gasteiger partial charge in [0.1, 0.15) is 28.6 Å². The number of ether oxygens (including phenoxy) is 1. The van der Waals surface area contributed by atoms with Crippen molar-refractivity contribution in [2.24, 2.45) is 5.73 Å². The van der Waals surface area contributed by atoms with Gasteiger partial charge in [-0.05, 0) is 43.7 Å². The molecule has 2 aromatic heterocycles. The number of hydrogen-bond donors (Lipinski definition) is 4. The first-order valence-corrected chi connectivity index (χ1v) is 13.7. The summed E-state index contributed by atoms with van der Waals surface area (Å²) in [6, 6.07) is 9.60. The molecule has 39 heavy (non-hydrogen) atoms. The van der Waals surface area contributed by atoms with E-state index in [0.717, 1.165) is 16.1 Å². The maximum Gasteiger partial charge on any atom is 0.355 e. The molecule has 2 heterocycles. The number of alkyl halides is 2. The van der Waals surface area contributed by atoms with Crippen LogP contribution in [0.25, 0.3) is 11.3 Å². The molecule has 0 unspecified atom stereocenters. The van der Waals surface area contributed by atoms with E-state index in [4.69, 9.17) is 10.5 Å². The maximum atomic E-state index is 13.2. The molecule has 0 saturated heterocycles. The molecule has 0 saturated carbocycles. The van der Waals surface area contributed by atoms with Crippen molar-refractivity contribution in [3.8, 4) is 17.0 Å². The number of nitrogens with zero attached hydrogens (tertiary/aromatic N) is 2. The molecule has 0 atom stereocenters. The van der Waals surface area contributed by atoms with Gasteiger partial charge in [-0.3, -0.25) is 14.6 Å². The van der Waals surface area contributed by atoms with Gasteiger partial charge in [0, 0.05) is 16.9 Å². The van der Waals surface area contributed by atoms with E-state index in [1.165, 1.54) is 41.7 Å². The van der Waals surface area contributed by atoms with Crippen molar-refractivity contribution >= 4 is 43.9 Å². The Labute approximate surface area is 225 Å². The molecular formula is C24H23F3N6O4S2. The third-order valence-corrected chi connectivity index (χ3v) is 7.54. The highest BCUT2D eigenvalue weighted by molar-refractivity contribution is 7.93. The highest BCUT2D eigenvalue weighted by Crippen LogP contribution is 2.35. The highest BCUT2D eigenvalue weighted by Gasteiger charge is 2.26. The zero-order valence-corrected chi connectivity index (χ0v) is 22.2. The van der Waals surface area contributed by atoms with Crippen LogP contribution in [0.1, 0.15) is 26.5 Å². The largest absolute Gasteiger partial charge is 0.491 e. The van der Waals surface area contributed by atoms with E-state index in [0.29, 0.717) is 11.6 Å². The van der Waals surface area contributed by atoms with E-state index in [-0.39, 0.29) is 40.7 Å². The van der Waals surface area contributed by atoms with E-state index in [1.807, 2.05) is 18.6 Å². The zero-order chi connectivity index (χ0) is 28.3. The van der Waals surface area contributed by atoms with Crippen molar-refractivity contribution in [1.29, 1.82) is 0 Å². The molecule has 15 heteroatoms. The molecule has 0 radical (unpaired) electrons. The Bertz CT molecular complexity index is 1590. The molecule has 0 aliphatic heterocycles. The fourth-order valence-electron chi connectivity index (χ4n) is 3.52. The molecule has 0 bridgehead atoms. The number of primary amides is 1. The minimum Gasteiger partial charge on any atom is -0.491 e. The standard InChI is InChI=1S/C24H23F3N6O4S2/c1-12-13(2)38-24(29-12)30-22-19(21(28)34)20(31-32-22)15-5-8-17(33-39(35,36)23(26)27)18(11-15)37-10-9-14-3-6-16(25)7-4-14/h3-8,11,23,33H,9-10H2,1-2H3,(H2,28,34)(H2,29,30,31,32). The van der Waals surface area contributed by atoms with E-state index in [9.17, 15) is 26.4 Å². The Kier molecular flexibility index (Phi) is 8.11. The number of nitrogens with one attached hydrogen (secondary N) is 3. The Hall–Kier alpha value is -4.11. The maximum absolute atomic E-state index is 13.2. The van der Waals surface area contributed by atoms with Gasteiger partial charge in [-0.25, -0.2) is 17.8 Å². The lowest BCUT2D eigenvalue weighted by Gasteiger charge is -2.15. The van der Waals surface area contributed by atoms with Gasteiger partial charge < -0.3 is 15.8 Å². The summed E-state index contributed by atoms with van der Waals surface area (Å²) in [5, 5.41) is 10.4. The lowest BCUT2D eigenvalue weighted by molar-refractivity contribution is 0.100. The molecule has 206 valence electrons. The SMILES string of the molecule is Cc1nc(Nc2[nH]nc(-c3ccc(NS(=O)(=O)C(F)F)c(OCCc4ccc(F)cc4)c3)c2C(N)=O)sc1C. The molecule has 0 spiro atoms. The Morgan fingerprint density at radius 1 is 1.18 bits per heavy atom. The summed E-state index contributed by atoms with van der Waals surface area (Å²) in [5.74, 6) is -4.81. The van der Waals surface area contributed by atoms with Crippen LogP contribution >= 0.6 is 11.3 Å². The van der Waals surface area contributed by atoms with Crippen LogP contribution < -0.4 is 20.5 Å². The lowest BCUT2D eigenvalue weighted by atomic mass is 10.1. The summed E-state index contributed by atoms with van der Waals surface area (Å²) in [4.78, 5) is 17.7. The molecule has 0 aliphatic carbocycles. The highest BCUT2D eigenvalue weighted by atomic mass is 32.2. The van der Waals surface area contributed by atoms with Crippen LogP contribution in [-0.4, -0.2) is 41.9 Å². The van der Waals surface area contributed by atoms with Gasteiger partial charge in [0.05, 0.1) is 18.0 Å². The van der Waals surface area contributed by atoms with Crippen molar-refractivity contribution in [2.45, 2.75) is 26.0 Å². The topological polar surface area (TPSA) is 152 Å². The molecule has 0 aliphatic rings. The quantitative estimate of drug-likeness (QED) is 0.200. The first-order chi connectivity index (χ1) is 18.4. The van der Waals surface area contributed by atoms with E-state index < -0.39 is 27.5 Å². The first kappa shape index (κ1) is 27.9. The molecule has 5 N–H and O–H groups in total. The van der Waals surface area contributed by atoms with Gasteiger partial charge in [0.15, 0.2) is 5.13 Å². The van der Waals surface area contributed by atoms with Crippen molar-refractivity contribution < 1.29 is 31.1 Å². The zero-order valence-electron chi connectivity index (χ0n) is 20.6. The van der Waals surface area contributed by atoms with Gasteiger partial charge in [0.2, 0.25) is 0 Å². The summed E-state index contributed by atoms with van der Waals surface area (Å²) in [6.45, 7) is 3.73. The molecule has 4 rings (SSSR count). The number of hydrogen-bond acceptors (Lipinski definition) is 8. The van der Waals surface area contributed by atoms with Gasteiger partial charge in [0.25, 0.3) is 15.9 Å². The third-order valence-electron chi connectivity index (χ3n) is 5.58. The predicted molar refractivity (Wildman–Crippen MR) is 142 cm³/mol. The fourth-order valence-corrected chi connectivity index (χ4v) is 4.90. The number of aromatic nitrogens is 3. The number of thiazole rings is 1. The second-order valence-electron chi connectivity index (χ2n) is 8.32. The monoisotopic (exact) mass is 580 g/mol. The number of rotatable bonds is 11. The van der Waals surface area contributed by atoms with Gasteiger partial charge in [-0.15, -0.1) is 11.3 Å². The average Bonchev–Trinajstić information content (AvgIpc) is 3.43. The van der Waals surface area contributed by atoms with Crippen LogP contribution in [0.2, 0.25) is 0 Å². The van der Waals surface area contributed by atoms with Gasteiger partial charge in [-0.1, -0.05) is 18.2 Å². The number of nitrogens with two attached hydrogens (primary N) is 1. The summed E-state index contributed by atoms with van der Waals surface area (Å²) >= 11 is 1.37. The number of sulfonamides is 1. The summed E-state index contributed by atoms with van der Waals surface area (Å²) < 4.78 is 70.5. The minimum atomic E-state index is -5.00. The molecule has 1 amide bonds. The molecule has 4 aromatic rings. The smallest absolute Gasteiger partial charge is 0.355 e. The number of aromatic amines is 1. The Morgan fingerprint density at radius 2 is 1.90 bits per heavy atom. The van der Waals surface area contributed by atoms with Crippen molar-refractivity contribution in [1.82, 2.24) is 15.2 Å². The second-order valence-corrected chi connectivity index (χ2v) is 11.2. The van der Waals surface area contributed by atoms with Crippen molar-refractivity contribution in [2.75, 3.05) is 16.6 Å². The minimum absolute atomic E-state index is 0.00122. The normalized spacial score (nSPS) is 11.5. The van der Waals surface area contributed by atoms with Crippen LogP contribution in [0, 0.1) is 19.7 Å². The first-order valence-electron chi connectivity index (χ1n) is 11.3. The lowest BCUT2D eigenvalue weighted by Crippen LogP contribution is -2.21. The Balaban J connectivity index is 1.67. The number of aryl methyl sites for hydroxylation is 2. The number of carbonyl (C=O) groups excluding carboxylic acids is 1. The number of carbonyl (C=O) groups is 1. The van der Waals surface area contributed by atoms with E-state index in [2.05, 4.69) is 20.5 Å². The van der Waals surface area contributed by atoms with Crippen LogP contribution in [0.4, 0.5) is 29.8 Å². The van der Waals surface area contributed by atoms with Gasteiger partial charge >= 0.3 is 5.76 Å². The Morgan fingerprint density at radius 3 is 2.51 bits per heavy atom.